The number of nitrogens with zero attached hydrogens (tertiary/aromatic N) is 1. The standard InChI is InChI=1S/C21H43NO3/c1-9-20(5,11-13-23-8)24-14-12-21(6,10-2)25-18-15-19(17(3)4)22(7)16-18/h17-19H,9-16H2,1-8H3/t18-,19+,20?,21?/m1/s1. The van der Waals surface area contributed by atoms with Crippen LogP contribution in [-0.2, 0) is 14.2 Å². The van der Waals surface area contributed by atoms with Crippen molar-refractivity contribution < 1.29 is 14.2 Å². The van der Waals surface area contributed by atoms with Crippen LogP contribution >= 0.6 is 0 Å². The summed E-state index contributed by atoms with van der Waals surface area (Å²) in [5.74, 6) is 0.681. The molecule has 0 bridgehead atoms. The second-order valence-corrected chi connectivity index (χ2v) is 8.67. The fourth-order valence-corrected chi connectivity index (χ4v) is 3.75. The SMILES string of the molecule is CCC(C)(CCOC)OCCC(C)(CC)O[C@@H]1C[C@@H](C(C)C)N(C)C1. The average Bonchev–Trinajstić information content (AvgIpc) is 2.93. The second kappa shape index (κ2) is 10.2. The lowest BCUT2D eigenvalue weighted by molar-refractivity contribution is -0.116. The Balaban J connectivity index is 2.51. The van der Waals surface area contributed by atoms with Gasteiger partial charge in [-0.2, -0.15) is 0 Å². The number of hydrogen-bond acceptors (Lipinski definition) is 4. The van der Waals surface area contributed by atoms with Crippen molar-refractivity contribution in [2.75, 3.05) is 33.9 Å². The summed E-state index contributed by atoms with van der Waals surface area (Å²) in [4.78, 5) is 2.46. The predicted octanol–water partition coefficient (Wildman–Crippen LogP) is 4.51. The van der Waals surface area contributed by atoms with Crippen molar-refractivity contribution in [2.24, 2.45) is 5.92 Å². The average molecular weight is 358 g/mol. The van der Waals surface area contributed by atoms with Crippen LogP contribution in [0.1, 0.15) is 73.6 Å². The number of likely N-dealkylation sites (tertiary alicyclic amines) is 1. The number of hydrogen-bond donors (Lipinski definition) is 0. The molecule has 150 valence electrons. The Morgan fingerprint density at radius 1 is 1.04 bits per heavy atom. The third-order valence-corrected chi connectivity index (χ3v) is 6.20. The molecule has 0 radical (unpaired) electrons. The highest BCUT2D eigenvalue weighted by atomic mass is 16.5. The molecule has 0 aromatic rings. The fraction of sp³-hybridized carbons (Fsp3) is 1.00. The number of ether oxygens (including phenoxy) is 3. The van der Waals surface area contributed by atoms with Crippen LogP contribution in [-0.4, -0.2) is 62.2 Å². The molecule has 1 rings (SSSR count). The quantitative estimate of drug-likeness (QED) is 0.514. The van der Waals surface area contributed by atoms with E-state index in [2.05, 4.69) is 53.5 Å². The highest BCUT2D eigenvalue weighted by Crippen LogP contribution is 2.31. The lowest BCUT2D eigenvalue weighted by atomic mass is 9.96. The predicted molar refractivity (Wildman–Crippen MR) is 105 cm³/mol. The van der Waals surface area contributed by atoms with Gasteiger partial charge in [-0.15, -0.1) is 0 Å². The van der Waals surface area contributed by atoms with Crippen molar-refractivity contribution in [3.05, 3.63) is 0 Å². The molecule has 4 nitrogen and oxygen atoms in total. The van der Waals surface area contributed by atoms with E-state index < -0.39 is 0 Å². The fourth-order valence-electron chi connectivity index (χ4n) is 3.75. The Hall–Kier alpha value is -0.160. The topological polar surface area (TPSA) is 30.9 Å². The Bertz CT molecular complexity index is 376. The Kier molecular flexibility index (Phi) is 9.38. The molecule has 1 aliphatic rings. The van der Waals surface area contributed by atoms with Crippen molar-refractivity contribution in [2.45, 2.75) is 97.0 Å². The first kappa shape index (κ1) is 22.9. The summed E-state index contributed by atoms with van der Waals surface area (Å²) in [5.41, 5.74) is -0.200. The van der Waals surface area contributed by atoms with Crippen LogP contribution in [0.4, 0.5) is 0 Å². The maximum Gasteiger partial charge on any atom is 0.0724 e. The highest BCUT2D eigenvalue weighted by molar-refractivity contribution is 4.88. The van der Waals surface area contributed by atoms with E-state index in [1.54, 1.807) is 7.11 Å². The first-order chi connectivity index (χ1) is 11.7. The van der Waals surface area contributed by atoms with Gasteiger partial charge in [0, 0.05) is 26.3 Å². The van der Waals surface area contributed by atoms with Gasteiger partial charge < -0.3 is 19.1 Å². The van der Waals surface area contributed by atoms with E-state index in [4.69, 9.17) is 14.2 Å². The Morgan fingerprint density at radius 2 is 1.64 bits per heavy atom. The van der Waals surface area contributed by atoms with E-state index in [9.17, 15) is 0 Å². The molecule has 1 aliphatic heterocycles. The summed E-state index contributed by atoms with van der Waals surface area (Å²) in [6.45, 7) is 16.0. The minimum Gasteiger partial charge on any atom is -0.385 e. The molecule has 0 N–H and O–H groups in total. The van der Waals surface area contributed by atoms with Gasteiger partial charge in [-0.05, 0) is 58.9 Å². The van der Waals surface area contributed by atoms with E-state index in [0.717, 1.165) is 51.9 Å². The summed E-state index contributed by atoms with van der Waals surface area (Å²) in [6.07, 6.45) is 5.39. The molecule has 1 fully saturated rings. The molecule has 1 heterocycles. The van der Waals surface area contributed by atoms with Gasteiger partial charge in [-0.25, -0.2) is 0 Å². The first-order valence-corrected chi connectivity index (χ1v) is 10.2. The van der Waals surface area contributed by atoms with Gasteiger partial charge in [0.05, 0.1) is 23.9 Å². The third-order valence-electron chi connectivity index (χ3n) is 6.20. The second-order valence-electron chi connectivity index (χ2n) is 8.67. The van der Waals surface area contributed by atoms with Gasteiger partial charge in [0.1, 0.15) is 0 Å². The van der Waals surface area contributed by atoms with Crippen LogP contribution in [0.25, 0.3) is 0 Å². The molecule has 0 spiro atoms. The molecule has 0 aromatic heterocycles. The van der Waals surface area contributed by atoms with Crippen molar-refractivity contribution in [3.8, 4) is 0 Å². The number of rotatable bonds is 12. The molecule has 2 unspecified atom stereocenters. The zero-order valence-corrected chi connectivity index (χ0v) is 18.1. The van der Waals surface area contributed by atoms with Crippen LogP contribution in [0.15, 0.2) is 0 Å². The number of methoxy groups -OCH3 is 1. The van der Waals surface area contributed by atoms with Crippen LogP contribution in [0, 0.1) is 5.92 Å². The highest BCUT2D eigenvalue weighted by Gasteiger charge is 2.36. The van der Waals surface area contributed by atoms with Crippen molar-refractivity contribution in [1.29, 1.82) is 0 Å². The van der Waals surface area contributed by atoms with E-state index in [1.807, 2.05) is 0 Å². The van der Waals surface area contributed by atoms with E-state index in [0.29, 0.717) is 18.1 Å². The lowest BCUT2D eigenvalue weighted by Gasteiger charge is -2.34. The van der Waals surface area contributed by atoms with Gasteiger partial charge in [0.25, 0.3) is 0 Å². The van der Waals surface area contributed by atoms with Crippen LogP contribution < -0.4 is 0 Å². The van der Waals surface area contributed by atoms with Crippen molar-refractivity contribution >= 4 is 0 Å². The zero-order chi connectivity index (χ0) is 19.1. The first-order valence-electron chi connectivity index (χ1n) is 10.2. The normalized spacial score (nSPS) is 26.8. The molecule has 0 amide bonds. The lowest BCUT2D eigenvalue weighted by Crippen LogP contribution is -2.37. The van der Waals surface area contributed by atoms with Gasteiger partial charge in [-0.3, -0.25) is 0 Å². The van der Waals surface area contributed by atoms with Gasteiger partial charge >= 0.3 is 0 Å². The largest absolute Gasteiger partial charge is 0.385 e. The van der Waals surface area contributed by atoms with E-state index >= 15 is 0 Å². The molecule has 4 heteroatoms. The summed E-state index contributed by atoms with van der Waals surface area (Å²) in [7, 11) is 3.98. The maximum atomic E-state index is 6.58. The summed E-state index contributed by atoms with van der Waals surface area (Å²) in [5, 5.41) is 0. The molecule has 1 saturated heterocycles. The number of likely N-dealkylation sites (N-methyl/N-ethyl adjacent to an activating group) is 1. The monoisotopic (exact) mass is 357 g/mol. The zero-order valence-electron chi connectivity index (χ0n) is 18.1. The molecule has 25 heavy (non-hydrogen) atoms. The van der Waals surface area contributed by atoms with Crippen molar-refractivity contribution in [1.82, 2.24) is 4.90 Å². The summed E-state index contributed by atoms with van der Waals surface area (Å²) >= 11 is 0. The molecule has 0 aromatic carbocycles. The van der Waals surface area contributed by atoms with Crippen LogP contribution in [0.2, 0.25) is 0 Å². The minimum absolute atomic E-state index is 0.0963. The summed E-state index contributed by atoms with van der Waals surface area (Å²) < 4.78 is 18.1. The van der Waals surface area contributed by atoms with Gasteiger partial charge in [0.15, 0.2) is 0 Å². The van der Waals surface area contributed by atoms with Crippen LogP contribution in [0.3, 0.4) is 0 Å². The van der Waals surface area contributed by atoms with E-state index in [-0.39, 0.29) is 11.2 Å². The van der Waals surface area contributed by atoms with Crippen molar-refractivity contribution in [3.63, 3.8) is 0 Å². The summed E-state index contributed by atoms with van der Waals surface area (Å²) in [6, 6.07) is 0.639. The Morgan fingerprint density at radius 3 is 2.12 bits per heavy atom. The molecular formula is C21H43NO3. The third kappa shape index (κ3) is 7.16. The molecular weight excluding hydrogens is 314 g/mol. The molecule has 0 aliphatic carbocycles. The Labute approximate surface area is 156 Å². The smallest absolute Gasteiger partial charge is 0.0724 e. The maximum absolute atomic E-state index is 6.58. The van der Waals surface area contributed by atoms with E-state index in [1.165, 1.54) is 0 Å². The van der Waals surface area contributed by atoms with Gasteiger partial charge in [0.2, 0.25) is 0 Å². The molecule has 4 atom stereocenters. The molecule has 0 saturated carbocycles. The van der Waals surface area contributed by atoms with Gasteiger partial charge in [-0.1, -0.05) is 27.7 Å². The van der Waals surface area contributed by atoms with Crippen LogP contribution in [0.5, 0.6) is 0 Å². The minimum atomic E-state index is -0.104.